The summed E-state index contributed by atoms with van der Waals surface area (Å²) in [5.74, 6) is -0.120. The lowest BCUT2D eigenvalue weighted by molar-refractivity contribution is -0.124. The van der Waals surface area contributed by atoms with Crippen molar-refractivity contribution >= 4 is 17.8 Å². The molecule has 2 aliphatic heterocycles. The Morgan fingerprint density at radius 3 is 2.67 bits per heavy atom. The van der Waals surface area contributed by atoms with Gasteiger partial charge in [0.05, 0.1) is 13.7 Å². The molecular formula is C19H18N4O4. The molecule has 1 fully saturated rings. The molecule has 0 unspecified atom stereocenters. The number of carbonyl (C=O) groups is 3. The number of hydrogen-bond donors (Lipinski definition) is 2. The number of nitrogens with zero attached hydrogens (tertiary/aromatic N) is 2. The third kappa shape index (κ3) is 2.69. The van der Waals surface area contributed by atoms with Gasteiger partial charge in [0.2, 0.25) is 0 Å². The van der Waals surface area contributed by atoms with Gasteiger partial charge in [-0.1, -0.05) is 12.1 Å². The number of imide groups is 1. The van der Waals surface area contributed by atoms with Crippen LogP contribution in [-0.2, 0) is 16.9 Å². The van der Waals surface area contributed by atoms with Gasteiger partial charge in [-0.25, -0.2) is 4.79 Å². The molecule has 3 heterocycles. The predicted molar refractivity (Wildman–Crippen MR) is 95.1 cm³/mol. The van der Waals surface area contributed by atoms with E-state index in [9.17, 15) is 14.4 Å². The van der Waals surface area contributed by atoms with Crippen molar-refractivity contribution in [2.24, 2.45) is 0 Å². The van der Waals surface area contributed by atoms with Crippen molar-refractivity contribution in [2.45, 2.75) is 19.0 Å². The number of ether oxygens (including phenoxy) is 1. The van der Waals surface area contributed by atoms with E-state index >= 15 is 0 Å². The Morgan fingerprint density at radius 1 is 1.22 bits per heavy atom. The van der Waals surface area contributed by atoms with Gasteiger partial charge >= 0.3 is 6.03 Å². The minimum Gasteiger partial charge on any atom is -0.497 e. The third-order valence-corrected chi connectivity index (χ3v) is 4.97. The van der Waals surface area contributed by atoms with Crippen LogP contribution in [0.15, 0.2) is 36.5 Å². The number of fused-ring (bicyclic) bond motifs is 1. The van der Waals surface area contributed by atoms with Crippen LogP contribution in [0.4, 0.5) is 4.79 Å². The number of hydrogen-bond acceptors (Lipinski definition) is 5. The minimum atomic E-state index is -1.38. The largest absolute Gasteiger partial charge is 0.497 e. The van der Waals surface area contributed by atoms with E-state index in [1.165, 1.54) is 7.11 Å². The highest BCUT2D eigenvalue weighted by Crippen LogP contribution is 2.32. The van der Waals surface area contributed by atoms with Crippen LogP contribution < -0.4 is 15.4 Å². The number of aromatic nitrogens is 1. The maximum Gasteiger partial charge on any atom is 0.322 e. The number of amides is 4. The molecular weight excluding hydrogens is 348 g/mol. The van der Waals surface area contributed by atoms with Gasteiger partial charge in [0.1, 0.15) is 5.75 Å². The topological polar surface area (TPSA) is 101 Å². The highest BCUT2D eigenvalue weighted by Gasteiger charge is 2.50. The molecule has 0 spiro atoms. The number of carbonyl (C=O) groups excluding carboxylic acids is 3. The van der Waals surface area contributed by atoms with E-state index < -0.39 is 17.5 Å². The first-order valence-electron chi connectivity index (χ1n) is 8.46. The molecule has 1 aromatic carbocycles. The second-order valence-electron chi connectivity index (χ2n) is 6.69. The van der Waals surface area contributed by atoms with Crippen molar-refractivity contribution in [1.82, 2.24) is 20.5 Å². The average molecular weight is 366 g/mol. The van der Waals surface area contributed by atoms with E-state index in [1.807, 2.05) is 13.0 Å². The zero-order chi connectivity index (χ0) is 19.2. The van der Waals surface area contributed by atoms with Crippen LogP contribution in [0.3, 0.4) is 0 Å². The maximum absolute atomic E-state index is 12.9. The lowest BCUT2D eigenvalue weighted by Crippen LogP contribution is -2.52. The molecule has 0 saturated carbocycles. The molecule has 2 aromatic rings. The Hall–Kier alpha value is -3.42. The summed E-state index contributed by atoms with van der Waals surface area (Å²) in [5, 5.41) is 4.97. The summed E-state index contributed by atoms with van der Waals surface area (Å²) < 4.78 is 5.19. The van der Waals surface area contributed by atoms with Crippen LogP contribution in [-0.4, -0.2) is 41.4 Å². The highest BCUT2D eigenvalue weighted by molar-refractivity contribution is 6.08. The van der Waals surface area contributed by atoms with Gasteiger partial charge in [0.15, 0.2) is 5.54 Å². The first-order chi connectivity index (χ1) is 12.9. The van der Waals surface area contributed by atoms with Crippen molar-refractivity contribution in [1.29, 1.82) is 0 Å². The number of rotatable bonds is 4. The summed E-state index contributed by atoms with van der Waals surface area (Å²) in [6.07, 6.45) is 1.55. The number of pyridine rings is 1. The predicted octanol–water partition coefficient (Wildman–Crippen LogP) is 1.09. The maximum atomic E-state index is 12.9. The number of benzene rings is 1. The molecule has 0 radical (unpaired) electrons. The van der Waals surface area contributed by atoms with E-state index in [-0.39, 0.29) is 12.5 Å². The third-order valence-electron chi connectivity index (χ3n) is 4.97. The zero-order valence-electron chi connectivity index (χ0n) is 14.9. The molecule has 2 aliphatic rings. The molecule has 8 nitrogen and oxygen atoms in total. The van der Waals surface area contributed by atoms with Gasteiger partial charge in [0.25, 0.3) is 11.8 Å². The van der Waals surface area contributed by atoms with Crippen LogP contribution in [0.2, 0.25) is 0 Å². The zero-order valence-corrected chi connectivity index (χ0v) is 14.9. The van der Waals surface area contributed by atoms with E-state index in [4.69, 9.17) is 4.74 Å². The Morgan fingerprint density at radius 2 is 2.04 bits per heavy atom. The van der Waals surface area contributed by atoms with Gasteiger partial charge in [-0.05, 0) is 30.7 Å². The molecule has 4 amide bonds. The lowest BCUT2D eigenvalue weighted by atomic mass is 9.90. The van der Waals surface area contributed by atoms with Gasteiger partial charge in [-0.2, -0.15) is 0 Å². The van der Waals surface area contributed by atoms with Gasteiger partial charge in [-0.3, -0.25) is 19.9 Å². The second-order valence-corrected chi connectivity index (χ2v) is 6.69. The number of aryl methyl sites for hydroxylation is 1. The average Bonchev–Trinajstić information content (AvgIpc) is 3.12. The monoisotopic (exact) mass is 366 g/mol. The van der Waals surface area contributed by atoms with Crippen LogP contribution >= 0.6 is 0 Å². The number of urea groups is 1. The summed E-state index contributed by atoms with van der Waals surface area (Å²) in [6, 6.07) is 8.22. The van der Waals surface area contributed by atoms with Crippen molar-refractivity contribution in [3.63, 3.8) is 0 Å². The highest BCUT2D eigenvalue weighted by atomic mass is 16.5. The standard InChI is InChI=1S/C19H18N4O4/c1-11-3-5-13(8-20-11)19(17(25)21-18(26)22-19)10-23-9-12-4-6-14(27-2)7-15(12)16(23)24/h3-8H,9-10H2,1-2H3,(H2,21,22,25,26)/t19-/m0/s1. The van der Waals surface area contributed by atoms with Gasteiger partial charge in [-0.15, -0.1) is 0 Å². The fourth-order valence-electron chi connectivity index (χ4n) is 3.50. The van der Waals surface area contributed by atoms with E-state index in [0.29, 0.717) is 23.4 Å². The Labute approximate surface area is 155 Å². The first-order valence-corrected chi connectivity index (χ1v) is 8.46. The van der Waals surface area contributed by atoms with Crippen molar-refractivity contribution in [3.05, 3.63) is 58.9 Å². The number of methoxy groups -OCH3 is 1. The van der Waals surface area contributed by atoms with E-state index in [2.05, 4.69) is 15.6 Å². The van der Waals surface area contributed by atoms with Crippen molar-refractivity contribution in [2.75, 3.05) is 13.7 Å². The van der Waals surface area contributed by atoms with Gasteiger partial charge in [0, 0.05) is 29.6 Å². The molecule has 1 saturated heterocycles. The van der Waals surface area contributed by atoms with E-state index in [0.717, 1.165) is 11.3 Å². The molecule has 27 heavy (non-hydrogen) atoms. The van der Waals surface area contributed by atoms with E-state index in [1.54, 1.807) is 35.4 Å². The number of nitrogens with one attached hydrogen (secondary N) is 2. The van der Waals surface area contributed by atoms with Crippen LogP contribution in [0.1, 0.15) is 27.2 Å². The molecule has 0 bridgehead atoms. The molecule has 8 heteroatoms. The summed E-state index contributed by atoms with van der Waals surface area (Å²) in [6.45, 7) is 2.19. The quantitative estimate of drug-likeness (QED) is 0.789. The molecule has 0 aliphatic carbocycles. The Bertz CT molecular complexity index is 957. The fraction of sp³-hybridized carbons (Fsp3) is 0.263. The van der Waals surface area contributed by atoms with Crippen LogP contribution in [0.5, 0.6) is 5.75 Å². The van der Waals surface area contributed by atoms with Gasteiger partial charge < -0.3 is 15.0 Å². The molecule has 1 aromatic heterocycles. The summed E-state index contributed by atoms with van der Waals surface area (Å²) in [7, 11) is 1.54. The lowest BCUT2D eigenvalue weighted by Gasteiger charge is -2.31. The molecule has 138 valence electrons. The minimum absolute atomic E-state index is 0.00510. The first kappa shape index (κ1) is 17.0. The smallest absolute Gasteiger partial charge is 0.322 e. The SMILES string of the molecule is COc1ccc2c(c1)C(=O)N(C[C@@]1(c3ccc(C)nc3)NC(=O)NC1=O)C2. The summed E-state index contributed by atoms with van der Waals surface area (Å²) >= 11 is 0. The Kier molecular flexibility index (Phi) is 3.83. The molecule has 1 atom stereocenters. The van der Waals surface area contributed by atoms with Crippen molar-refractivity contribution < 1.29 is 19.1 Å². The van der Waals surface area contributed by atoms with Crippen molar-refractivity contribution in [3.8, 4) is 5.75 Å². The second kappa shape index (κ2) is 6.08. The molecule has 2 N–H and O–H groups in total. The summed E-state index contributed by atoms with van der Waals surface area (Å²) in [5.41, 5.74) is 1.33. The Balaban J connectivity index is 1.69. The fourth-order valence-corrected chi connectivity index (χ4v) is 3.50. The summed E-state index contributed by atoms with van der Waals surface area (Å²) in [4.78, 5) is 43.2. The van der Waals surface area contributed by atoms with Crippen LogP contribution in [0.25, 0.3) is 0 Å². The van der Waals surface area contributed by atoms with Crippen LogP contribution in [0, 0.1) is 6.92 Å². The molecule has 4 rings (SSSR count). The normalized spacial score (nSPS) is 21.1.